The molecule has 0 unspecified atom stereocenters. The van der Waals surface area contributed by atoms with Gasteiger partial charge in [-0.05, 0) is 70.0 Å². The number of carbonyl (C=O) groups is 1. The number of sulfonamides is 1. The third-order valence-corrected chi connectivity index (χ3v) is 7.87. The van der Waals surface area contributed by atoms with Gasteiger partial charge >= 0.3 is 0 Å². The largest absolute Gasteiger partial charge is 0.337 e. The zero-order valence-electron chi connectivity index (χ0n) is 18.9. The molecule has 1 aliphatic carbocycles. The lowest BCUT2D eigenvalue weighted by molar-refractivity contribution is 0.0701. The zero-order valence-corrected chi connectivity index (χ0v) is 19.7. The van der Waals surface area contributed by atoms with Crippen LogP contribution in [0.4, 0.5) is 0 Å². The number of benzene rings is 1. The molecule has 0 radical (unpaired) electrons. The van der Waals surface area contributed by atoms with Gasteiger partial charge in [0.2, 0.25) is 10.0 Å². The van der Waals surface area contributed by atoms with Gasteiger partial charge in [-0.1, -0.05) is 19.3 Å². The molecule has 0 N–H and O–H groups in total. The van der Waals surface area contributed by atoms with Crippen molar-refractivity contribution in [3.8, 4) is 0 Å². The highest BCUT2D eigenvalue weighted by Gasteiger charge is 2.26. The Balaban J connectivity index is 2.37. The lowest BCUT2D eigenvalue weighted by Crippen LogP contribution is -2.40. The molecule has 0 aromatic heterocycles. The molecule has 0 spiro atoms. The first kappa shape index (κ1) is 23.8. The van der Waals surface area contributed by atoms with Gasteiger partial charge < -0.3 is 9.80 Å². The Bertz CT molecular complexity index is 813. The number of carbonyl (C=O) groups excluding carboxylic acids is 1. The molecule has 1 saturated carbocycles. The Morgan fingerprint density at radius 1 is 1.00 bits per heavy atom. The first-order chi connectivity index (χ1) is 13.5. The molecule has 1 aliphatic rings. The van der Waals surface area contributed by atoms with Gasteiger partial charge in [-0.25, -0.2) is 12.7 Å². The van der Waals surface area contributed by atoms with Crippen LogP contribution in [-0.2, 0) is 10.0 Å². The summed E-state index contributed by atoms with van der Waals surface area (Å²) < 4.78 is 26.8. The van der Waals surface area contributed by atoms with E-state index in [0.29, 0.717) is 23.6 Å². The third kappa shape index (κ3) is 6.03. The molecule has 7 heteroatoms. The van der Waals surface area contributed by atoms with Crippen LogP contribution in [0.2, 0.25) is 0 Å². The van der Waals surface area contributed by atoms with Gasteiger partial charge in [-0.2, -0.15) is 0 Å². The smallest absolute Gasteiger partial charge is 0.253 e. The summed E-state index contributed by atoms with van der Waals surface area (Å²) in [5.41, 5.74) is 1.98. The minimum atomic E-state index is -3.61. The number of aryl methyl sites for hydroxylation is 1. The Morgan fingerprint density at radius 2 is 1.62 bits per heavy atom. The molecule has 0 saturated heterocycles. The van der Waals surface area contributed by atoms with E-state index in [4.69, 9.17) is 0 Å². The van der Waals surface area contributed by atoms with E-state index < -0.39 is 10.0 Å². The maximum Gasteiger partial charge on any atom is 0.253 e. The Kier molecular flexibility index (Phi) is 8.26. The minimum absolute atomic E-state index is 0.0734. The van der Waals surface area contributed by atoms with Crippen LogP contribution in [0.25, 0.3) is 0 Å². The molecule has 29 heavy (non-hydrogen) atoms. The van der Waals surface area contributed by atoms with Crippen molar-refractivity contribution in [3.63, 3.8) is 0 Å². The van der Waals surface area contributed by atoms with Crippen LogP contribution < -0.4 is 0 Å². The fourth-order valence-corrected chi connectivity index (χ4v) is 5.09. The number of hydrogen-bond donors (Lipinski definition) is 0. The van der Waals surface area contributed by atoms with E-state index in [-0.39, 0.29) is 10.8 Å². The van der Waals surface area contributed by atoms with Crippen LogP contribution >= 0.6 is 0 Å². The maximum absolute atomic E-state index is 13.4. The molecule has 0 atom stereocenters. The van der Waals surface area contributed by atoms with Crippen LogP contribution in [0.1, 0.15) is 53.6 Å². The van der Waals surface area contributed by atoms with E-state index in [1.54, 1.807) is 13.0 Å². The lowest BCUT2D eigenvalue weighted by atomic mass is 9.89. The van der Waals surface area contributed by atoms with Crippen LogP contribution in [0.15, 0.2) is 17.0 Å². The fraction of sp³-hybridized carbons (Fsp3) is 0.682. The summed E-state index contributed by atoms with van der Waals surface area (Å²) in [7, 11) is 3.43. The number of rotatable bonds is 8. The summed E-state index contributed by atoms with van der Waals surface area (Å²) in [6, 6.07) is 3.39. The van der Waals surface area contributed by atoms with Crippen LogP contribution in [-0.4, -0.2) is 76.3 Å². The van der Waals surface area contributed by atoms with Gasteiger partial charge in [-0.3, -0.25) is 4.79 Å². The first-order valence-electron chi connectivity index (χ1n) is 10.5. The standard InChI is InChI=1S/C22H37N3O3S/c1-17-14-20(15-21(18(17)2)29(27,28)24(5)6)22(26)25(13-12-23(3)4)16-19-10-8-7-9-11-19/h14-15,19H,7-13,16H2,1-6H3. The predicted octanol–water partition coefficient (Wildman–Crippen LogP) is 3.14. The van der Waals surface area contributed by atoms with Crippen molar-refractivity contribution in [1.29, 1.82) is 0 Å². The highest BCUT2D eigenvalue weighted by Crippen LogP contribution is 2.27. The molecule has 1 amide bonds. The van der Waals surface area contributed by atoms with Crippen molar-refractivity contribution in [2.45, 2.75) is 50.8 Å². The monoisotopic (exact) mass is 423 g/mol. The van der Waals surface area contributed by atoms with Gasteiger partial charge in [-0.15, -0.1) is 0 Å². The third-order valence-electron chi connectivity index (χ3n) is 5.93. The molecule has 164 valence electrons. The topological polar surface area (TPSA) is 60.9 Å². The summed E-state index contributed by atoms with van der Waals surface area (Å²) >= 11 is 0. The van der Waals surface area contributed by atoms with Crippen molar-refractivity contribution in [2.75, 3.05) is 47.8 Å². The summed E-state index contributed by atoms with van der Waals surface area (Å²) in [5, 5.41) is 0. The highest BCUT2D eigenvalue weighted by molar-refractivity contribution is 7.89. The predicted molar refractivity (Wildman–Crippen MR) is 118 cm³/mol. The molecule has 0 aliphatic heterocycles. The molecule has 1 aromatic rings. The van der Waals surface area contributed by atoms with Gasteiger partial charge in [0.15, 0.2) is 0 Å². The van der Waals surface area contributed by atoms with E-state index in [2.05, 4.69) is 4.90 Å². The normalized spacial score (nSPS) is 15.9. The van der Waals surface area contributed by atoms with Crippen LogP contribution in [0.5, 0.6) is 0 Å². The number of likely N-dealkylation sites (N-methyl/N-ethyl adjacent to an activating group) is 1. The first-order valence-corrected chi connectivity index (χ1v) is 12.0. The molecule has 0 heterocycles. The van der Waals surface area contributed by atoms with Gasteiger partial charge in [0, 0.05) is 39.3 Å². The van der Waals surface area contributed by atoms with E-state index in [1.807, 2.05) is 32.0 Å². The van der Waals surface area contributed by atoms with Crippen molar-refractivity contribution in [3.05, 3.63) is 28.8 Å². The van der Waals surface area contributed by atoms with E-state index >= 15 is 0 Å². The second kappa shape index (κ2) is 10.0. The number of amides is 1. The lowest BCUT2D eigenvalue weighted by Gasteiger charge is -2.31. The van der Waals surface area contributed by atoms with Gasteiger partial charge in [0.1, 0.15) is 0 Å². The highest BCUT2D eigenvalue weighted by atomic mass is 32.2. The molecule has 1 aromatic carbocycles. The summed E-state index contributed by atoms with van der Waals surface area (Å²) in [4.78, 5) is 17.7. The molecule has 1 fully saturated rings. The minimum Gasteiger partial charge on any atom is -0.337 e. The van der Waals surface area contributed by atoms with E-state index in [1.165, 1.54) is 50.5 Å². The fourth-order valence-electron chi connectivity index (χ4n) is 3.88. The average Bonchev–Trinajstić information content (AvgIpc) is 2.66. The van der Waals surface area contributed by atoms with Gasteiger partial charge in [0.05, 0.1) is 4.90 Å². The van der Waals surface area contributed by atoms with Crippen molar-refractivity contribution >= 4 is 15.9 Å². The second-order valence-corrected chi connectivity index (χ2v) is 10.9. The molecule has 0 bridgehead atoms. The zero-order chi connectivity index (χ0) is 21.8. The van der Waals surface area contributed by atoms with Gasteiger partial charge in [0.25, 0.3) is 5.91 Å². The average molecular weight is 424 g/mol. The van der Waals surface area contributed by atoms with Crippen molar-refractivity contribution in [2.24, 2.45) is 5.92 Å². The molecular weight excluding hydrogens is 386 g/mol. The quantitative estimate of drug-likeness (QED) is 0.644. The summed E-state index contributed by atoms with van der Waals surface area (Å²) in [6.45, 7) is 5.84. The molecule has 6 nitrogen and oxygen atoms in total. The number of hydrogen-bond acceptors (Lipinski definition) is 4. The Labute approximate surface area is 176 Å². The number of nitrogens with zero attached hydrogens (tertiary/aromatic N) is 3. The Hall–Kier alpha value is -1.44. The van der Waals surface area contributed by atoms with Crippen molar-refractivity contribution < 1.29 is 13.2 Å². The van der Waals surface area contributed by atoms with Crippen molar-refractivity contribution in [1.82, 2.24) is 14.1 Å². The maximum atomic E-state index is 13.4. The SMILES string of the molecule is Cc1cc(C(=O)N(CCN(C)C)CC2CCCCC2)cc(S(=O)(=O)N(C)C)c1C. The molecular formula is C22H37N3O3S. The summed E-state index contributed by atoms with van der Waals surface area (Å²) in [5.74, 6) is 0.460. The van der Waals surface area contributed by atoms with Crippen LogP contribution in [0, 0.1) is 19.8 Å². The second-order valence-electron chi connectivity index (χ2n) is 8.76. The van der Waals surface area contributed by atoms with E-state index in [9.17, 15) is 13.2 Å². The van der Waals surface area contributed by atoms with E-state index in [0.717, 1.165) is 18.7 Å². The van der Waals surface area contributed by atoms with Crippen LogP contribution in [0.3, 0.4) is 0 Å². The Morgan fingerprint density at radius 3 is 2.17 bits per heavy atom. The summed E-state index contributed by atoms with van der Waals surface area (Å²) in [6.07, 6.45) is 6.08. The molecule has 2 rings (SSSR count).